The Bertz CT molecular complexity index is 1330. The number of nitrogens with one attached hydrogen (secondary N) is 3. The summed E-state index contributed by atoms with van der Waals surface area (Å²) in [5, 5.41) is 24.9. The number of amides is 3. The van der Waals surface area contributed by atoms with Gasteiger partial charge in [0.1, 0.15) is 11.4 Å². The van der Waals surface area contributed by atoms with Crippen LogP contribution in [0.15, 0.2) is 42.5 Å². The highest BCUT2D eigenvalue weighted by Crippen LogP contribution is 2.29. The summed E-state index contributed by atoms with van der Waals surface area (Å²) >= 11 is 0.862. The van der Waals surface area contributed by atoms with Gasteiger partial charge in [0, 0.05) is 12.2 Å². The topological polar surface area (TPSA) is 174 Å². The Morgan fingerprint density at radius 1 is 1.18 bits per heavy atom. The molecular formula is C25H32N4O8S2. The van der Waals surface area contributed by atoms with Crippen molar-refractivity contribution in [3.8, 4) is 5.75 Å². The molecule has 1 fully saturated rings. The van der Waals surface area contributed by atoms with E-state index < -0.39 is 44.3 Å². The van der Waals surface area contributed by atoms with Crippen LogP contribution in [-0.4, -0.2) is 71.1 Å². The summed E-state index contributed by atoms with van der Waals surface area (Å²) in [5.74, 6) is -0.717. The van der Waals surface area contributed by atoms with Gasteiger partial charge in [-0.3, -0.25) is 19.6 Å². The maximum atomic E-state index is 12.9. The maximum absolute atomic E-state index is 12.9. The van der Waals surface area contributed by atoms with Crippen LogP contribution >= 0.6 is 11.8 Å². The number of hydrogen-bond donors (Lipinski definition) is 5. The lowest BCUT2D eigenvalue weighted by Crippen LogP contribution is -2.40. The number of aliphatic hydroxyl groups is 1. The fourth-order valence-electron chi connectivity index (χ4n) is 3.57. The molecule has 0 spiro atoms. The molecule has 5 N–H and O–H groups in total. The molecular weight excluding hydrogens is 548 g/mol. The Hall–Kier alpha value is -3.49. The number of phenols is 1. The number of ether oxygens (including phenoxy) is 1. The number of rotatable bonds is 10. The van der Waals surface area contributed by atoms with Crippen molar-refractivity contribution in [1.29, 1.82) is 0 Å². The Kier molecular flexibility index (Phi) is 9.35. The highest BCUT2D eigenvalue weighted by Gasteiger charge is 2.31. The standard InChI is InChI=1S/C25H32N4O8S2/c1-25(2,3)37-24(34)29(14-20(31)16-7-10-19(30)18(13-16)28-39(4,35)36)12-11-15-5-8-17(9-6-15)26-22-21(32)27-23(33)38-22/h5-10,13,20,22,26,28,30-31H,11-12,14H2,1-4H3,(H,27,32,33)/t20-,22?/m1/s1. The summed E-state index contributed by atoms with van der Waals surface area (Å²) in [6.45, 7) is 5.22. The van der Waals surface area contributed by atoms with Gasteiger partial charge in [-0.15, -0.1) is 0 Å². The zero-order valence-corrected chi connectivity index (χ0v) is 23.6. The van der Waals surface area contributed by atoms with Crippen molar-refractivity contribution in [3.05, 3.63) is 53.6 Å². The minimum Gasteiger partial charge on any atom is -0.506 e. The van der Waals surface area contributed by atoms with Crippen LogP contribution in [-0.2, 0) is 26.0 Å². The number of imide groups is 1. The monoisotopic (exact) mass is 580 g/mol. The molecule has 12 nitrogen and oxygen atoms in total. The van der Waals surface area contributed by atoms with E-state index in [0.717, 1.165) is 23.6 Å². The second-order valence-corrected chi connectivity index (χ2v) is 12.8. The molecule has 1 saturated heterocycles. The van der Waals surface area contributed by atoms with Gasteiger partial charge in [0.15, 0.2) is 5.37 Å². The zero-order chi connectivity index (χ0) is 29.0. The van der Waals surface area contributed by atoms with E-state index in [1.54, 1.807) is 32.9 Å². The first kappa shape index (κ1) is 30.1. The van der Waals surface area contributed by atoms with E-state index in [1.807, 2.05) is 12.1 Å². The molecule has 1 heterocycles. The molecule has 1 aliphatic rings. The first-order valence-corrected chi connectivity index (χ1v) is 14.7. The Labute approximate surface area is 231 Å². The molecule has 3 rings (SSSR count). The van der Waals surface area contributed by atoms with Crippen LogP contribution in [0.2, 0.25) is 0 Å². The van der Waals surface area contributed by atoms with Crippen molar-refractivity contribution in [2.75, 3.05) is 29.4 Å². The van der Waals surface area contributed by atoms with E-state index in [0.29, 0.717) is 12.1 Å². The fraction of sp³-hybridized carbons (Fsp3) is 0.400. The van der Waals surface area contributed by atoms with E-state index in [4.69, 9.17) is 4.74 Å². The van der Waals surface area contributed by atoms with Gasteiger partial charge in [0.2, 0.25) is 10.0 Å². The summed E-state index contributed by atoms with van der Waals surface area (Å²) in [6.07, 6.45) is -0.488. The number of phenolic OH excluding ortho intramolecular Hbond substituents is 1. The number of aliphatic hydroxyl groups excluding tert-OH is 1. The summed E-state index contributed by atoms with van der Waals surface area (Å²) in [5.41, 5.74) is 0.934. The average Bonchev–Trinajstić information content (AvgIpc) is 3.13. The summed E-state index contributed by atoms with van der Waals surface area (Å²) in [6, 6.07) is 11.1. The average molecular weight is 581 g/mol. The van der Waals surface area contributed by atoms with Gasteiger partial charge in [-0.05, 0) is 74.3 Å². The number of anilines is 2. The van der Waals surface area contributed by atoms with Gasteiger partial charge < -0.3 is 25.2 Å². The third-order valence-corrected chi connectivity index (χ3v) is 6.83. The third kappa shape index (κ3) is 9.33. The van der Waals surface area contributed by atoms with E-state index in [1.165, 1.54) is 23.1 Å². The van der Waals surface area contributed by atoms with Crippen LogP contribution in [0, 0.1) is 0 Å². The Morgan fingerprint density at radius 2 is 1.85 bits per heavy atom. The number of carbonyl (C=O) groups excluding carboxylic acids is 3. The maximum Gasteiger partial charge on any atom is 0.410 e. The first-order chi connectivity index (χ1) is 18.1. The van der Waals surface area contributed by atoms with Gasteiger partial charge >= 0.3 is 6.09 Å². The SMILES string of the molecule is CC(C)(C)OC(=O)N(CCc1ccc(NC2SC(=O)NC2=O)cc1)C[C@@H](O)c1ccc(O)c(NS(C)(=O)=O)c1. The van der Waals surface area contributed by atoms with Crippen molar-refractivity contribution in [3.63, 3.8) is 0 Å². The molecule has 1 unspecified atom stereocenters. The third-order valence-electron chi connectivity index (χ3n) is 5.36. The molecule has 14 heteroatoms. The molecule has 0 saturated carbocycles. The molecule has 2 atom stereocenters. The highest BCUT2D eigenvalue weighted by atomic mass is 32.2. The van der Waals surface area contributed by atoms with Gasteiger partial charge in [-0.1, -0.05) is 18.2 Å². The van der Waals surface area contributed by atoms with Crippen molar-refractivity contribution in [2.45, 2.75) is 44.3 Å². The fourth-order valence-corrected chi connectivity index (χ4v) is 4.87. The highest BCUT2D eigenvalue weighted by molar-refractivity contribution is 8.15. The van der Waals surface area contributed by atoms with Crippen LogP contribution in [0.4, 0.5) is 21.0 Å². The molecule has 212 valence electrons. The van der Waals surface area contributed by atoms with Crippen molar-refractivity contribution in [2.24, 2.45) is 0 Å². The number of aromatic hydroxyl groups is 1. The molecule has 39 heavy (non-hydrogen) atoms. The van der Waals surface area contributed by atoms with Crippen molar-refractivity contribution >= 4 is 50.4 Å². The van der Waals surface area contributed by atoms with E-state index in [9.17, 15) is 33.0 Å². The predicted octanol–water partition coefficient (Wildman–Crippen LogP) is 3.00. The largest absolute Gasteiger partial charge is 0.506 e. The van der Waals surface area contributed by atoms with Crippen LogP contribution in [0.1, 0.15) is 38.0 Å². The molecule has 0 aliphatic carbocycles. The van der Waals surface area contributed by atoms with Crippen molar-refractivity contribution in [1.82, 2.24) is 10.2 Å². The molecule has 1 aliphatic heterocycles. The van der Waals surface area contributed by atoms with Gasteiger partial charge in [0.25, 0.3) is 11.1 Å². The number of thioether (sulfide) groups is 1. The predicted molar refractivity (Wildman–Crippen MR) is 148 cm³/mol. The number of hydrogen-bond acceptors (Lipinski definition) is 10. The van der Waals surface area contributed by atoms with Crippen molar-refractivity contribution < 1.29 is 37.8 Å². The molecule has 0 aromatic heterocycles. The molecule has 0 radical (unpaired) electrons. The quantitative estimate of drug-likeness (QED) is 0.263. The number of nitrogens with zero attached hydrogens (tertiary/aromatic N) is 1. The molecule has 3 amide bonds. The van der Waals surface area contributed by atoms with Gasteiger partial charge in [0.05, 0.1) is 24.6 Å². The molecule has 0 bridgehead atoms. The zero-order valence-electron chi connectivity index (χ0n) is 21.9. The van der Waals surface area contributed by atoms with E-state index in [-0.39, 0.29) is 30.1 Å². The van der Waals surface area contributed by atoms with Gasteiger partial charge in [-0.25, -0.2) is 13.2 Å². The van der Waals surface area contributed by atoms with Crippen LogP contribution in [0.5, 0.6) is 5.75 Å². The smallest absolute Gasteiger partial charge is 0.410 e. The Morgan fingerprint density at radius 3 is 2.41 bits per heavy atom. The number of sulfonamides is 1. The first-order valence-electron chi connectivity index (χ1n) is 11.9. The minimum atomic E-state index is -3.67. The number of carbonyl (C=O) groups is 3. The summed E-state index contributed by atoms with van der Waals surface area (Å²) in [4.78, 5) is 37.4. The van der Waals surface area contributed by atoms with E-state index in [2.05, 4.69) is 15.4 Å². The second kappa shape index (κ2) is 12.1. The molecule has 2 aromatic carbocycles. The second-order valence-electron chi connectivity index (χ2n) is 9.96. The summed E-state index contributed by atoms with van der Waals surface area (Å²) in [7, 11) is -3.67. The normalized spacial score (nSPS) is 16.4. The van der Waals surface area contributed by atoms with Gasteiger partial charge in [-0.2, -0.15) is 0 Å². The number of benzene rings is 2. The lowest BCUT2D eigenvalue weighted by molar-refractivity contribution is -0.118. The Balaban J connectivity index is 1.70. The lowest BCUT2D eigenvalue weighted by atomic mass is 10.1. The lowest BCUT2D eigenvalue weighted by Gasteiger charge is -2.29. The van der Waals surface area contributed by atoms with Crippen LogP contribution in [0.25, 0.3) is 0 Å². The minimum absolute atomic E-state index is 0.0931. The summed E-state index contributed by atoms with van der Waals surface area (Å²) < 4.78 is 30.9. The van der Waals surface area contributed by atoms with E-state index >= 15 is 0 Å². The van der Waals surface area contributed by atoms with Crippen LogP contribution < -0.4 is 15.4 Å². The molecule has 2 aromatic rings. The van der Waals surface area contributed by atoms with Crippen LogP contribution in [0.3, 0.4) is 0 Å².